The second-order valence-corrected chi connectivity index (χ2v) is 11.6. The molecule has 0 radical (unpaired) electrons. The number of rotatable bonds is 10. The monoisotopic (exact) mass is 537 g/mol. The highest BCUT2D eigenvalue weighted by molar-refractivity contribution is 7.89. The first-order valence-electron chi connectivity index (χ1n) is 12.4. The maximum atomic E-state index is 13.2. The normalized spacial score (nSPS) is 12.3. The average Bonchev–Trinajstić information content (AvgIpc) is 2.82. The third kappa shape index (κ3) is 7.43. The van der Waals surface area contributed by atoms with Crippen molar-refractivity contribution in [1.82, 2.24) is 10.0 Å². The van der Waals surface area contributed by atoms with E-state index in [4.69, 9.17) is 0 Å². The van der Waals surface area contributed by atoms with Gasteiger partial charge in [-0.05, 0) is 61.4 Å². The molecule has 3 aromatic rings. The van der Waals surface area contributed by atoms with Crippen LogP contribution in [0, 0.1) is 26.7 Å². The largest absolute Gasteiger partial charge is 0.480 e. The Morgan fingerprint density at radius 2 is 1.55 bits per heavy atom. The van der Waals surface area contributed by atoms with Crippen molar-refractivity contribution in [2.75, 3.05) is 11.9 Å². The smallest absolute Gasteiger partial charge is 0.322 e. The van der Waals surface area contributed by atoms with Gasteiger partial charge in [-0.2, -0.15) is 4.72 Å². The van der Waals surface area contributed by atoms with Crippen LogP contribution in [0.1, 0.15) is 36.1 Å². The van der Waals surface area contributed by atoms with Crippen molar-refractivity contribution in [1.29, 1.82) is 0 Å². The quantitative estimate of drug-likeness (QED) is 0.289. The molecule has 0 saturated carbocycles. The zero-order valence-corrected chi connectivity index (χ0v) is 23.1. The second kappa shape index (κ2) is 12.2. The molecule has 3 rings (SSSR count). The Labute approximate surface area is 224 Å². The fraction of sp³-hybridized carbons (Fsp3) is 0.310. The standard InChI is InChI=1S/C29H35N3O5S/c1-18(2)17-30-29(35)31-25-15-22(11-12-24(25)23-9-7-6-8-10-23)16-26(28(33)34)32-38(36,37)27-20(4)13-19(3)14-21(27)5/h6-15,18,26,32H,16-17H2,1-5H3,(H,33,34)(H2,30,31,35). The number of nitrogens with one attached hydrogen (secondary N) is 3. The van der Waals surface area contributed by atoms with Crippen LogP contribution in [-0.2, 0) is 21.2 Å². The molecule has 0 heterocycles. The molecular weight excluding hydrogens is 502 g/mol. The molecule has 1 atom stereocenters. The minimum atomic E-state index is -4.11. The molecule has 1 unspecified atom stereocenters. The van der Waals surface area contributed by atoms with Gasteiger partial charge < -0.3 is 15.7 Å². The van der Waals surface area contributed by atoms with Crippen LogP contribution in [0.4, 0.5) is 10.5 Å². The van der Waals surface area contributed by atoms with Gasteiger partial charge in [0.25, 0.3) is 0 Å². The number of urea groups is 1. The third-order valence-corrected chi connectivity index (χ3v) is 7.77. The van der Waals surface area contributed by atoms with Crippen molar-refractivity contribution in [2.24, 2.45) is 5.92 Å². The van der Waals surface area contributed by atoms with Crippen molar-refractivity contribution in [2.45, 2.75) is 52.0 Å². The summed E-state index contributed by atoms with van der Waals surface area (Å²) in [5, 5.41) is 15.6. The number of carboxylic acids is 1. The van der Waals surface area contributed by atoms with E-state index >= 15 is 0 Å². The average molecular weight is 538 g/mol. The van der Waals surface area contributed by atoms with Crippen LogP contribution in [0.25, 0.3) is 11.1 Å². The van der Waals surface area contributed by atoms with Gasteiger partial charge in [0.05, 0.1) is 10.6 Å². The zero-order chi connectivity index (χ0) is 28.0. The van der Waals surface area contributed by atoms with Crippen molar-refractivity contribution in [3.05, 3.63) is 82.9 Å². The lowest BCUT2D eigenvalue weighted by molar-refractivity contribution is -0.138. The second-order valence-electron chi connectivity index (χ2n) is 9.92. The van der Waals surface area contributed by atoms with E-state index in [1.165, 1.54) is 0 Å². The molecule has 0 aliphatic carbocycles. The molecule has 2 amide bonds. The molecule has 0 aliphatic rings. The number of hydrogen-bond acceptors (Lipinski definition) is 4. The molecule has 202 valence electrons. The summed E-state index contributed by atoms with van der Waals surface area (Å²) in [5.74, 6) is -1.03. The van der Waals surface area contributed by atoms with Crippen molar-refractivity contribution >= 4 is 27.7 Å². The van der Waals surface area contributed by atoms with Gasteiger partial charge in [-0.15, -0.1) is 0 Å². The van der Waals surface area contributed by atoms with Gasteiger partial charge in [0.2, 0.25) is 10.0 Å². The molecule has 9 heteroatoms. The molecule has 8 nitrogen and oxygen atoms in total. The number of carbonyl (C=O) groups excluding carboxylic acids is 1. The van der Waals surface area contributed by atoms with E-state index in [0.29, 0.717) is 28.9 Å². The number of aryl methyl sites for hydroxylation is 3. The first kappa shape index (κ1) is 28.9. The Bertz CT molecular complexity index is 1400. The third-order valence-electron chi connectivity index (χ3n) is 6.00. The Kier molecular flexibility index (Phi) is 9.30. The van der Waals surface area contributed by atoms with Gasteiger partial charge in [0.1, 0.15) is 6.04 Å². The predicted molar refractivity (Wildman–Crippen MR) is 150 cm³/mol. The summed E-state index contributed by atoms with van der Waals surface area (Å²) in [7, 11) is -4.11. The van der Waals surface area contributed by atoms with E-state index in [0.717, 1.165) is 16.7 Å². The van der Waals surface area contributed by atoms with Crippen molar-refractivity contribution in [3.8, 4) is 11.1 Å². The molecule has 0 fully saturated rings. The molecular formula is C29H35N3O5S. The van der Waals surface area contributed by atoms with E-state index in [2.05, 4.69) is 15.4 Å². The summed E-state index contributed by atoms with van der Waals surface area (Å²) < 4.78 is 28.8. The minimum Gasteiger partial charge on any atom is -0.480 e. The Morgan fingerprint density at radius 1 is 0.921 bits per heavy atom. The molecule has 0 bridgehead atoms. The molecule has 4 N–H and O–H groups in total. The lowest BCUT2D eigenvalue weighted by Crippen LogP contribution is -2.42. The Morgan fingerprint density at radius 3 is 2.13 bits per heavy atom. The van der Waals surface area contributed by atoms with E-state index < -0.39 is 22.0 Å². The predicted octanol–water partition coefficient (Wildman–Crippen LogP) is 5.03. The fourth-order valence-electron chi connectivity index (χ4n) is 4.41. The number of carboxylic acid groups (broad SMARTS) is 1. The number of aliphatic carboxylic acids is 1. The Hall–Kier alpha value is -3.69. The van der Waals surface area contributed by atoms with Crippen molar-refractivity contribution < 1.29 is 23.1 Å². The number of amides is 2. The number of hydrogen-bond donors (Lipinski definition) is 4. The van der Waals surface area contributed by atoms with Crippen LogP contribution in [0.5, 0.6) is 0 Å². The highest BCUT2D eigenvalue weighted by Crippen LogP contribution is 2.30. The summed E-state index contributed by atoms with van der Waals surface area (Å²) in [6.45, 7) is 9.72. The minimum absolute atomic E-state index is 0.0814. The maximum absolute atomic E-state index is 13.2. The van der Waals surface area contributed by atoms with Crippen LogP contribution < -0.4 is 15.4 Å². The lowest BCUT2D eigenvalue weighted by Gasteiger charge is -2.19. The van der Waals surface area contributed by atoms with Crippen LogP contribution >= 0.6 is 0 Å². The highest BCUT2D eigenvalue weighted by atomic mass is 32.2. The van der Waals surface area contributed by atoms with Crippen LogP contribution in [0.3, 0.4) is 0 Å². The molecule has 0 saturated heterocycles. The van der Waals surface area contributed by atoms with Crippen molar-refractivity contribution in [3.63, 3.8) is 0 Å². The molecule has 0 aromatic heterocycles. The first-order valence-corrected chi connectivity index (χ1v) is 13.9. The van der Waals surface area contributed by atoms with Gasteiger partial charge >= 0.3 is 12.0 Å². The summed E-state index contributed by atoms with van der Waals surface area (Å²) in [6, 6.07) is 16.4. The van der Waals surface area contributed by atoms with E-state index in [-0.39, 0.29) is 23.3 Å². The molecule has 38 heavy (non-hydrogen) atoms. The zero-order valence-electron chi connectivity index (χ0n) is 22.3. The van der Waals surface area contributed by atoms with Gasteiger partial charge in [0.15, 0.2) is 0 Å². The fourth-order valence-corrected chi connectivity index (χ4v) is 6.05. The van der Waals surface area contributed by atoms with Crippen LogP contribution in [-0.4, -0.2) is 38.1 Å². The van der Waals surface area contributed by atoms with Gasteiger partial charge in [-0.25, -0.2) is 13.2 Å². The Balaban J connectivity index is 1.93. The van der Waals surface area contributed by atoms with Crippen LogP contribution in [0.15, 0.2) is 65.6 Å². The van der Waals surface area contributed by atoms with Gasteiger partial charge in [-0.3, -0.25) is 4.79 Å². The number of benzene rings is 3. The summed E-state index contributed by atoms with van der Waals surface area (Å²) in [5.41, 5.74) is 4.69. The molecule has 0 aliphatic heterocycles. The number of anilines is 1. The highest BCUT2D eigenvalue weighted by Gasteiger charge is 2.28. The maximum Gasteiger partial charge on any atom is 0.322 e. The number of sulfonamides is 1. The molecule has 0 spiro atoms. The first-order chi connectivity index (χ1) is 17.9. The van der Waals surface area contributed by atoms with E-state index in [1.54, 1.807) is 44.2 Å². The van der Waals surface area contributed by atoms with E-state index in [9.17, 15) is 23.1 Å². The van der Waals surface area contributed by atoms with Crippen LogP contribution in [0.2, 0.25) is 0 Å². The van der Waals surface area contributed by atoms with Gasteiger partial charge in [0, 0.05) is 12.1 Å². The van der Waals surface area contributed by atoms with Gasteiger partial charge in [-0.1, -0.05) is 74.0 Å². The molecule has 3 aromatic carbocycles. The number of carbonyl (C=O) groups is 2. The van der Waals surface area contributed by atoms with E-state index in [1.807, 2.05) is 51.1 Å². The summed E-state index contributed by atoms with van der Waals surface area (Å²) in [6.07, 6.45) is -0.115. The summed E-state index contributed by atoms with van der Waals surface area (Å²) in [4.78, 5) is 24.8. The topological polar surface area (TPSA) is 125 Å². The SMILES string of the molecule is Cc1cc(C)c(S(=O)(=O)NC(Cc2ccc(-c3ccccc3)c(NC(=O)NCC(C)C)c2)C(=O)O)c(C)c1. The summed E-state index contributed by atoms with van der Waals surface area (Å²) >= 11 is 0. The lowest BCUT2D eigenvalue weighted by atomic mass is 9.98.